The fourth-order valence-electron chi connectivity index (χ4n) is 5.84. The number of nitrogens with zero attached hydrogens (tertiary/aromatic N) is 5. The van der Waals surface area contributed by atoms with Gasteiger partial charge < -0.3 is 10.6 Å². The van der Waals surface area contributed by atoms with Crippen molar-refractivity contribution < 1.29 is 27.2 Å². The minimum Gasteiger partial charge on any atom is -0.369 e. The number of rotatable bonds is 7. The number of primary amides is 1. The van der Waals surface area contributed by atoms with Gasteiger partial charge in [-0.25, -0.2) is 4.39 Å². The van der Waals surface area contributed by atoms with Crippen molar-refractivity contribution in [1.29, 1.82) is 0 Å². The molecule has 2 aliphatic heterocycles. The van der Waals surface area contributed by atoms with Crippen molar-refractivity contribution in [2.24, 2.45) is 5.73 Å². The average Bonchev–Trinajstić information content (AvgIpc) is 3.46. The van der Waals surface area contributed by atoms with Crippen molar-refractivity contribution in [1.82, 2.24) is 24.5 Å². The topological polar surface area (TPSA) is 87.7 Å². The van der Waals surface area contributed by atoms with E-state index in [4.69, 9.17) is 17.3 Å². The first-order chi connectivity index (χ1) is 18.4. The van der Waals surface area contributed by atoms with Gasteiger partial charge in [0.05, 0.1) is 18.3 Å². The lowest BCUT2D eigenvalue weighted by Gasteiger charge is -2.41. The highest BCUT2D eigenvalue weighted by atomic mass is 35.5. The molecule has 2 aromatic rings. The van der Waals surface area contributed by atoms with E-state index in [2.05, 4.69) is 10.00 Å². The van der Waals surface area contributed by atoms with Crippen molar-refractivity contribution in [3.63, 3.8) is 0 Å². The zero-order valence-corrected chi connectivity index (χ0v) is 22.3. The summed E-state index contributed by atoms with van der Waals surface area (Å²) in [5.74, 6) is -1.46. The number of piperazine rings is 1. The Morgan fingerprint density at radius 3 is 2.36 bits per heavy atom. The van der Waals surface area contributed by atoms with Crippen LogP contribution in [-0.4, -0.2) is 81.6 Å². The van der Waals surface area contributed by atoms with Crippen LogP contribution in [0.4, 0.5) is 17.6 Å². The maximum Gasteiger partial charge on any atom is 0.433 e. The molecule has 0 spiro atoms. The Balaban J connectivity index is 1.43. The molecule has 1 aromatic heterocycles. The van der Waals surface area contributed by atoms with E-state index in [1.165, 1.54) is 17.0 Å². The normalized spacial score (nSPS) is 23.0. The summed E-state index contributed by atoms with van der Waals surface area (Å²) in [4.78, 5) is 30.6. The van der Waals surface area contributed by atoms with E-state index in [9.17, 15) is 27.2 Å². The number of carbonyl (C=O) groups excluding carboxylic acids is 2. The van der Waals surface area contributed by atoms with Crippen molar-refractivity contribution in [2.45, 2.75) is 56.9 Å². The number of aromatic nitrogens is 2. The van der Waals surface area contributed by atoms with Gasteiger partial charge in [-0.3, -0.25) is 24.1 Å². The molecule has 2 saturated heterocycles. The van der Waals surface area contributed by atoms with Crippen molar-refractivity contribution in [2.75, 3.05) is 39.3 Å². The molecule has 1 aliphatic carbocycles. The Labute approximate surface area is 228 Å². The van der Waals surface area contributed by atoms with Gasteiger partial charge in [-0.15, -0.1) is 0 Å². The third-order valence-corrected chi connectivity index (χ3v) is 8.39. The number of benzene rings is 1. The number of hydrogen-bond donors (Lipinski definition) is 1. The highest BCUT2D eigenvalue weighted by Crippen LogP contribution is 2.43. The van der Waals surface area contributed by atoms with Crippen LogP contribution in [-0.2, 0) is 22.3 Å². The SMILES string of the molecule is Cc1cc(F)cc([C@H]2[C@@H](N3CCN(CC(N)=O)CC3)CCN2C(=O)Cn2nc(C3CC3)cc2C(F)(F)F)c1Cl. The van der Waals surface area contributed by atoms with Crippen LogP contribution in [0.15, 0.2) is 18.2 Å². The smallest absolute Gasteiger partial charge is 0.369 e. The second-order valence-electron chi connectivity index (χ2n) is 10.7. The number of likely N-dealkylation sites (tertiary alicyclic amines) is 1. The van der Waals surface area contributed by atoms with Gasteiger partial charge >= 0.3 is 6.18 Å². The summed E-state index contributed by atoms with van der Waals surface area (Å²) < 4.78 is 56.7. The predicted octanol–water partition coefficient (Wildman–Crippen LogP) is 3.33. The molecule has 13 heteroatoms. The van der Waals surface area contributed by atoms with E-state index in [0.717, 1.165) is 23.6 Å². The summed E-state index contributed by atoms with van der Waals surface area (Å²) in [5, 5.41) is 4.47. The molecule has 2 amide bonds. The number of amides is 2. The van der Waals surface area contributed by atoms with Gasteiger partial charge in [0.2, 0.25) is 11.8 Å². The number of halogens is 5. The molecule has 1 aromatic carbocycles. The Bertz CT molecular complexity index is 1260. The first-order valence-electron chi connectivity index (χ1n) is 13.1. The molecular formula is C26H31ClF4N6O2. The Morgan fingerprint density at radius 1 is 1.05 bits per heavy atom. The molecule has 2 atom stereocenters. The maximum absolute atomic E-state index is 14.6. The number of nitrogens with two attached hydrogens (primary N) is 1. The van der Waals surface area contributed by atoms with Crippen LogP contribution in [0.25, 0.3) is 0 Å². The number of aryl methyl sites for hydroxylation is 1. The third-order valence-electron chi connectivity index (χ3n) is 7.88. The highest BCUT2D eigenvalue weighted by Gasteiger charge is 2.44. The Hall–Kier alpha value is -2.70. The van der Waals surface area contributed by atoms with Crippen LogP contribution < -0.4 is 5.73 Å². The van der Waals surface area contributed by atoms with Gasteiger partial charge in [0.1, 0.15) is 18.1 Å². The first kappa shape index (κ1) is 27.9. The minimum atomic E-state index is -4.65. The molecule has 3 fully saturated rings. The number of hydrogen-bond acceptors (Lipinski definition) is 5. The second kappa shape index (κ2) is 10.7. The van der Waals surface area contributed by atoms with Crippen molar-refractivity contribution >= 4 is 23.4 Å². The lowest BCUT2D eigenvalue weighted by Crippen LogP contribution is -2.53. The van der Waals surface area contributed by atoms with Crippen LogP contribution in [0, 0.1) is 12.7 Å². The summed E-state index contributed by atoms with van der Waals surface area (Å²) in [6.45, 7) is 3.87. The molecule has 0 radical (unpaired) electrons. The van der Waals surface area contributed by atoms with E-state index >= 15 is 0 Å². The second-order valence-corrected chi connectivity index (χ2v) is 11.1. The Kier molecular flexibility index (Phi) is 7.64. The summed E-state index contributed by atoms with van der Waals surface area (Å²) in [7, 11) is 0. The van der Waals surface area contributed by atoms with Gasteiger partial charge in [0.25, 0.3) is 0 Å². The lowest BCUT2D eigenvalue weighted by molar-refractivity contribution is -0.146. The molecule has 3 heterocycles. The molecule has 5 rings (SSSR count). The average molecular weight is 571 g/mol. The highest BCUT2D eigenvalue weighted by molar-refractivity contribution is 6.32. The van der Waals surface area contributed by atoms with Gasteiger partial charge in [0.15, 0.2) is 0 Å². The lowest BCUT2D eigenvalue weighted by atomic mass is 9.96. The van der Waals surface area contributed by atoms with Crippen LogP contribution in [0.1, 0.15) is 53.7 Å². The molecular weight excluding hydrogens is 540 g/mol. The minimum absolute atomic E-state index is 0.00586. The summed E-state index contributed by atoms with van der Waals surface area (Å²) >= 11 is 6.64. The van der Waals surface area contributed by atoms with Crippen molar-refractivity contribution in [3.8, 4) is 0 Å². The van der Waals surface area contributed by atoms with E-state index < -0.39 is 42.1 Å². The van der Waals surface area contributed by atoms with Gasteiger partial charge in [0, 0.05) is 49.7 Å². The third kappa shape index (κ3) is 5.92. The molecule has 1 saturated carbocycles. The molecule has 0 bridgehead atoms. The first-order valence-corrected chi connectivity index (χ1v) is 13.4. The monoisotopic (exact) mass is 570 g/mol. The zero-order chi connectivity index (χ0) is 28.1. The van der Waals surface area contributed by atoms with E-state index in [1.807, 2.05) is 4.90 Å². The summed E-state index contributed by atoms with van der Waals surface area (Å²) in [6.07, 6.45) is -2.55. The summed E-state index contributed by atoms with van der Waals surface area (Å²) in [6, 6.07) is 2.76. The zero-order valence-electron chi connectivity index (χ0n) is 21.6. The molecule has 212 valence electrons. The fourth-order valence-corrected chi connectivity index (χ4v) is 6.06. The van der Waals surface area contributed by atoms with Crippen LogP contribution in [0.2, 0.25) is 5.02 Å². The fraction of sp³-hybridized carbons (Fsp3) is 0.577. The number of alkyl halides is 3. The Morgan fingerprint density at radius 2 is 1.74 bits per heavy atom. The molecule has 3 aliphatic rings. The van der Waals surface area contributed by atoms with E-state index in [1.54, 1.807) is 6.92 Å². The number of carbonyl (C=O) groups is 2. The van der Waals surface area contributed by atoms with Gasteiger partial charge in [-0.05, 0) is 55.5 Å². The largest absolute Gasteiger partial charge is 0.433 e. The van der Waals surface area contributed by atoms with E-state index in [0.29, 0.717) is 54.4 Å². The molecule has 0 unspecified atom stereocenters. The van der Waals surface area contributed by atoms with Gasteiger partial charge in [-0.2, -0.15) is 18.3 Å². The molecule has 8 nitrogen and oxygen atoms in total. The van der Waals surface area contributed by atoms with Crippen LogP contribution in [0.3, 0.4) is 0 Å². The maximum atomic E-state index is 14.6. The van der Waals surface area contributed by atoms with Crippen LogP contribution >= 0.6 is 11.6 Å². The quantitative estimate of drug-likeness (QED) is 0.516. The summed E-state index contributed by atoms with van der Waals surface area (Å²) in [5.41, 5.74) is 5.67. The molecule has 2 N–H and O–H groups in total. The van der Waals surface area contributed by atoms with Crippen molar-refractivity contribution in [3.05, 3.63) is 51.6 Å². The predicted molar refractivity (Wildman–Crippen MR) is 135 cm³/mol. The molecule has 39 heavy (non-hydrogen) atoms. The van der Waals surface area contributed by atoms with Crippen LogP contribution in [0.5, 0.6) is 0 Å². The van der Waals surface area contributed by atoms with Gasteiger partial charge in [-0.1, -0.05) is 11.6 Å². The standard InChI is InChI=1S/C26H31ClF4N6O2/c1-15-10-17(28)11-18(24(15)27)25-20(35-8-6-34(7-9-35)13-22(32)38)4-5-36(25)23(39)14-37-21(26(29,30)31)12-19(33-37)16-2-3-16/h10-12,16,20,25H,2-9,13-14H2,1H3,(H2,32,38)/t20-,25-/m0/s1. The van der Waals surface area contributed by atoms with E-state index in [-0.39, 0.29) is 25.0 Å².